The Balaban J connectivity index is 1.78. The SMILES string of the molecule is CS(=O)(=O)N1CC[C@H](Oc2cccnc2)[C@@H](Cc2ccccc2)C1. The lowest BCUT2D eigenvalue weighted by Gasteiger charge is -2.37. The molecule has 0 amide bonds. The highest BCUT2D eigenvalue weighted by Crippen LogP contribution is 2.27. The largest absolute Gasteiger partial charge is 0.488 e. The molecule has 1 aromatic carbocycles. The van der Waals surface area contributed by atoms with E-state index >= 15 is 0 Å². The average Bonchev–Trinajstić information content (AvgIpc) is 2.57. The summed E-state index contributed by atoms with van der Waals surface area (Å²) in [6, 6.07) is 13.9. The molecule has 1 aliphatic heterocycles. The molecule has 1 saturated heterocycles. The van der Waals surface area contributed by atoms with Gasteiger partial charge in [-0.25, -0.2) is 12.7 Å². The standard InChI is InChI=1S/C18H22N2O3S/c1-24(21,22)20-11-9-18(23-17-8-5-10-19-13-17)16(14-20)12-15-6-3-2-4-7-15/h2-8,10,13,16,18H,9,11-12,14H2,1H3/t16-,18-/m0/s1. The number of hydrogen-bond acceptors (Lipinski definition) is 4. The van der Waals surface area contributed by atoms with E-state index < -0.39 is 10.0 Å². The van der Waals surface area contributed by atoms with Crippen molar-refractivity contribution in [2.24, 2.45) is 5.92 Å². The van der Waals surface area contributed by atoms with Crippen LogP contribution in [0.3, 0.4) is 0 Å². The number of rotatable bonds is 5. The third kappa shape index (κ3) is 4.33. The van der Waals surface area contributed by atoms with Gasteiger partial charge in [0.05, 0.1) is 12.5 Å². The maximum absolute atomic E-state index is 11.9. The van der Waals surface area contributed by atoms with E-state index in [1.807, 2.05) is 30.3 Å². The summed E-state index contributed by atoms with van der Waals surface area (Å²) in [6.07, 6.45) is 6.13. The molecule has 0 aliphatic carbocycles. The Morgan fingerprint density at radius 3 is 2.67 bits per heavy atom. The van der Waals surface area contributed by atoms with Crippen molar-refractivity contribution >= 4 is 10.0 Å². The highest BCUT2D eigenvalue weighted by Gasteiger charge is 2.34. The van der Waals surface area contributed by atoms with Crippen LogP contribution in [0.1, 0.15) is 12.0 Å². The van der Waals surface area contributed by atoms with Gasteiger partial charge in [0.25, 0.3) is 0 Å². The zero-order valence-corrected chi connectivity index (χ0v) is 14.5. The fourth-order valence-corrected chi connectivity index (χ4v) is 4.04. The van der Waals surface area contributed by atoms with Gasteiger partial charge in [0.15, 0.2) is 0 Å². The van der Waals surface area contributed by atoms with Crippen molar-refractivity contribution < 1.29 is 13.2 Å². The summed E-state index contributed by atoms with van der Waals surface area (Å²) in [5.41, 5.74) is 1.19. The maximum atomic E-state index is 11.9. The molecule has 2 heterocycles. The lowest BCUT2D eigenvalue weighted by Crippen LogP contribution is -2.48. The van der Waals surface area contributed by atoms with Crippen LogP contribution in [0.4, 0.5) is 0 Å². The summed E-state index contributed by atoms with van der Waals surface area (Å²) in [7, 11) is -3.18. The van der Waals surface area contributed by atoms with Gasteiger partial charge in [-0.3, -0.25) is 4.98 Å². The number of benzene rings is 1. The van der Waals surface area contributed by atoms with Crippen molar-refractivity contribution in [2.75, 3.05) is 19.3 Å². The van der Waals surface area contributed by atoms with E-state index in [4.69, 9.17) is 4.74 Å². The Kier molecular flexibility index (Phi) is 5.16. The first-order chi connectivity index (χ1) is 11.5. The Morgan fingerprint density at radius 1 is 1.21 bits per heavy atom. The summed E-state index contributed by atoms with van der Waals surface area (Å²) >= 11 is 0. The van der Waals surface area contributed by atoms with E-state index in [0.29, 0.717) is 19.5 Å². The zero-order valence-electron chi connectivity index (χ0n) is 13.7. The van der Waals surface area contributed by atoms with Crippen LogP contribution in [-0.4, -0.2) is 43.2 Å². The molecular weight excluding hydrogens is 324 g/mol. The third-order valence-electron chi connectivity index (χ3n) is 4.36. The summed E-state index contributed by atoms with van der Waals surface area (Å²) in [4.78, 5) is 4.08. The number of pyridine rings is 1. The number of ether oxygens (including phenoxy) is 1. The summed E-state index contributed by atoms with van der Waals surface area (Å²) < 4.78 is 31.5. The molecule has 6 heteroatoms. The van der Waals surface area contributed by atoms with E-state index in [1.165, 1.54) is 11.8 Å². The Labute approximate surface area is 143 Å². The quantitative estimate of drug-likeness (QED) is 0.834. The van der Waals surface area contributed by atoms with Crippen LogP contribution in [0, 0.1) is 5.92 Å². The minimum Gasteiger partial charge on any atom is -0.488 e. The van der Waals surface area contributed by atoms with Gasteiger partial charge in [0, 0.05) is 25.2 Å². The first-order valence-electron chi connectivity index (χ1n) is 8.08. The second-order valence-electron chi connectivity index (χ2n) is 6.20. The molecule has 0 N–H and O–H groups in total. The van der Waals surface area contributed by atoms with Crippen LogP contribution >= 0.6 is 0 Å². The molecule has 24 heavy (non-hydrogen) atoms. The van der Waals surface area contributed by atoms with Crippen LogP contribution in [0.25, 0.3) is 0 Å². The molecule has 128 valence electrons. The van der Waals surface area contributed by atoms with E-state index in [2.05, 4.69) is 17.1 Å². The summed E-state index contributed by atoms with van der Waals surface area (Å²) in [5, 5.41) is 0. The molecule has 0 saturated carbocycles. The minimum atomic E-state index is -3.18. The van der Waals surface area contributed by atoms with Gasteiger partial charge in [0.2, 0.25) is 10.0 Å². The summed E-state index contributed by atoms with van der Waals surface area (Å²) in [6.45, 7) is 0.980. The lowest BCUT2D eigenvalue weighted by atomic mass is 9.89. The van der Waals surface area contributed by atoms with E-state index in [9.17, 15) is 8.42 Å². The van der Waals surface area contributed by atoms with Gasteiger partial charge < -0.3 is 4.74 Å². The van der Waals surface area contributed by atoms with Crippen molar-refractivity contribution in [3.63, 3.8) is 0 Å². The average molecular weight is 346 g/mol. The van der Waals surface area contributed by atoms with Crippen molar-refractivity contribution in [2.45, 2.75) is 18.9 Å². The van der Waals surface area contributed by atoms with Gasteiger partial charge in [-0.15, -0.1) is 0 Å². The molecule has 2 atom stereocenters. The molecule has 0 bridgehead atoms. The maximum Gasteiger partial charge on any atom is 0.211 e. The van der Waals surface area contributed by atoms with Gasteiger partial charge in [-0.1, -0.05) is 30.3 Å². The Morgan fingerprint density at radius 2 is 2.00 bits per heavy atom. The smallest absolute Gasteiger partial charge is 0.211 e. The fourth-order valence-electron chi connectivity index (χ4n) is 3.14. The van der Waals surface area contributed by atoms with Gasteiger partial charge in [-0.05, 0) is 30.5 Å². The van der Waals surface area contributed by atoms with E-state index in [-0.39, 0.29) is 12.0 Å². The van der Waals surface area contributed by atoms with Crippen molar-refractivity contribution in [3.8, 4) is 5.75 Å². The third-order valence-corrected chi connectivity index (χ3v) is 5.63. The topological polar surface area (TPSA) is 59.5 Å². The van der Waals surface area contributed by atoms with E-state index in [1.54, 1.807) is 16.7 Å². The van der Waals surface area contributed by atoms with E-state index in [0.717, 1.165) is 12.2 Å². The van der Waals surface area contributed by atoms with Gasteiger partial charge in [0.1, 0.15) is 11.9 Å². The summed E-state index contributed by atoms with van der Waals surface area (Å²) in [5.74, 6) is 0.837. The zero-order chi connectivity index (χ0) is 17.0. The van der Waals surface area contributed by atoms with Crippen LogP contribution in [0.15, 0.2) is 54.9 Å². The monoisotopic (exact) mass is 346 g/mol. The molecule has 0 radical (unpaired) electrons. The normalized spacial score (nSPS) is 22.2. The Hall–Kier alpha value is -1.92. The molecule has 1 aromatic heterocycles. The second kappa shape index (κ2) is 7.32. The second-order valence-corrected chi connectivity index (χ2v) is 8.19. The number of aromatic nitrogens is 1. The van der Waals surface area contributed by atoms with Crippen LogP contribution in [-0.2, 0) is 16.4 Å². The lowest BCUT2D eigenvalue weighted by molar-refractivity contribution is 0.0742. The first-order valence-corrected chi connectivity index (χ1v) is 9.93. The molecule has 1 fully saturated rings. The highest BCUT2D eigenvalue weighted by atomic mass is 32.2. The van der Waals surface area contributed by atoms with Gasteiger partial charge >= 0.3 is 0 Å². The highest BCUT2D eigenvalue weighted by molar-refractivity contribution is 7.88. The molecule has 5 nitrogen and oxygen atoms in total. The molecule has 3 rings (SSSR count). The first kappa shape index (κ1) is 16.9. The van der Waals surface area contributed by atoms with Crippen molar-refractivity contribution in [3.05, 3.63) is 60.4 Å². The van der Waals surface area contributed by atoms with Crippen LogP contribution in [0.2, 0.25) is 0 Å². The van der Waals surface area contributed by atoms with Crippen LogP contribution < -0.4 is 4.74 Å². The number of piperidine rings is 1. The van der Waals surface area contributed by atoms with Crippen molar-refractivity contribution in [1.29, 1.82) is 0 Å². The fraction of sp³-hybridized carbons (Fsp3) is 0.389. The number of hydrogen-bond donors (Lipinski definition) is 0. The predicted molar refractivity (Wildman–Crippen MR) is 93.3 cm³/mol. The Bertz CT molecular complexity index is 750. The molecule has 0 spiro atoms. The molecule has 1 aliphatic rings. The number of nitrogens with zero attached hydrogens (tertiary/aromatic N) is 2. The minimum absolute atomic E-state index is 0.0209. The van der Waals surface area contributed by atoms with Crippen LogP contribution in [0.5, 0.6) is 5.75 Å². The molecular formula is C18H22N2O3S. The van der Waals surface area contributed by atoms with Crippen molar-refractivity contribution in [1.82, 2.24) is 9.29 Å². The number of sulfonamides is 1. The molecule has 2 aromatic rings. The predicted octanol–water partition coefficient (Wildman–Crippen LogP) is 2.35. The van der Waals surface area contributed by atoms with Gasteiger partial charge in [-0.2, -0.15) is 0 Å². The molecule has 0 unspecified atom stereocenters.